The lowest BCUT2D eigenvalue weighted by molar-refractivity contribution is 1.10. The molecule has 0 amide bonds. The van der Waals surface area contributed by atoms with E-state index in [1.165, 1.54) is 0 Å². The van der Waals surface area contributed by atoms with Crippen molar-refractivity contribution in [2.75, 3.05) is 0 Å². The lowest BCUT2D eigenvalue weighted by Crippen LogP contribution is -1.92. The first-order chi connectivity index (χ1) is 15.6. The van der Waals surface area contributed by atoms with E-state index in [0.717, 1.165) is 55.8 Å². The highest BCUT2D eigenvalue weighted by atomic mass is 15.1. The maximum absolute atomic E-state index is 4.92. The maximum atomic E-state index is 4.92. The number of nitrogens with one attached hydrogen (secondary N) is 2. The summed E-state index contributed by atoms with van der Waals surface area (Å²) in [5, 5.41) is 8.69. The van der Waals surface area contributed by atoms with Crippen molar-refractivity contribution in [2.45, 2.75) is 13.8 Å². The number of hydrogen-bond donors (Lipinski definition) is 2. The summed E-state index contributed by atoms with van der Waals surface area (Å²) < 4.78 is 0. The van der Waals surface area contributed by atoms with E-state index < -0.39 is 0 Å². The number of aromatic amines is 2. The van der Waals surface area contributed by atoms with Crippen molar-refractivity contribution in [3.63, 3.8) is 0 Å². The van der Waals surface area contributed by atoms with Crippen molar-refractivity contribution in [3.8, 4) is 22.6 Å². The van der Waals surface area contributed by atoms with Crippen molar-refractivity contribution in [1.29, 1.82) is 0 Å². The standard InChI is InChI=1S/C26H22N6/c1-4-6-21(19-7-5-10-27-14-19)24-17(3)29-26(30-24)25-22-12-18(8-9-23(22)31-32-25)20-11-16(2)13-28-15-20/h4-15H,1H2,2-3H3,(H,29,30)(H,31,32)/b21-6-. The summed E-state index contributed by atoms with van der Waals surface area (Å²) in [6, 6.07) is 12.3. The Kier molecular flexibility index (Phi) is 4.95. The van der Waals surface area contributed by atoms with E-state index in [0.29, 0.717) is 5.82 Å². The number of hydrogen-bond acceptors (Lipinski definition) is 4. The molecule has 6 nitrogen and oxygen atoms in total. The number of rotatable bonds is 5. The zero-order valence-electron chi connectivity index (χ0n) is 17.9. The highest BCUT2D eigenvalue weighted by Gasteiger charge is 2.18. The molecule has 0 aliphatic carbocycles. The first kappa shape index (κ1) is 19.6. The van der Waals surface area contributed by atoms with Gasteiger partial charge in [-0.1, -0.05) is 30.9 Å². The van der Waals surface area contributed by atoms with Crippen LogP contribution in [0.1, 0.15) is 22.5 Å². The topological polar surface area (TPSA) is 83.1 Å². The molecule has 6 heteroatoms. The van der Waals surface area contributed by atoms with Crippen LogP contribution in [0.5, 0.6) is 0 Å². The van der Waals surface area contributed by atoms with Gasteiger partial charge >= 0.3 is 0 Å². The molecule has 5 aromatic rings. The van der Waals surface area contributed by atoms with Crippen molar-refractivity contribution in [2.24, 2.45) is 0 Å². The Morgan fingerprint density at radius 3 is 2.69 bits per heavy atom. The van der Waals surface area contributed by atoms with E-state index >= 15 is 0 Å². The van der Waals surface area contributed by atoms with Gasteiger partial charge in [0.2, 0.25) is 0 Å². The molecule has 0 saturated carbocycles. The Balaban J connectivity index is 1.61. The highest BCUT2D eigenvalue weighted by Crippen LogP contribution is 2.32. The molecule has 0 aliphatic heterocycles. The Labute approximate surface area is 185 Å². The van der Waals surface area contributed by atoms with Crippen LogP contribution in [0.3, 0.4) is 0 Å². The molecule has 4 aromatic heterocycles. The Hall–Kier alpha value is -4.32. The van der Waals surface area contributed by atoms with Crippen molar-refractivity contribution >= 4 is 16.5 Å². The zero-order valence-corrected chi connectivity index (χ0v) is 17.9. The number of fused-ring (bicyclic) bond motifs is 1. The van der Waals surface area contributed by atoms with Gasteiger partial charge in [-0.25, -0.2) is 4.98 Å². The summed E-state index contributed by atoms with van der Waals surface area (Å²) in [4.78, 5) is 16.9. The molecule has 4 heterocycles. The number of nitrogens with zero attached hydrogens (tertiary/aromatic N) is 4. The van der Waals surface area contributed by atoms with Crippen LogP contribution in [0.25, 0.3) is 39.1 Å². The molecular formula is C26H22N6. The van der Waals surface area contributed by atoms with Crippen LogP contribution in [0.15, 0.2) is 79.9 Å². The second-order valence-electron chi connectivity index (χ2n) is 7.70. The fourth-order valence-electron chi connectivity index (χ4n) is 3.87. The minimum absolute atomic E-state index is 0.710. The summed E-state index contributed by atoms with van der Waals surface area (Å²) in [7, 11) is 0. The number of benzene rings is 1. The van der Waals surface area contributed by atoms with Gasteiger partial charge in [0, 0.05) is 52.6 Å². The number of imidazole rings is 1. The van der Waals surface area contributed by atoms with Crippen LogP contribution in [0, 0.1) is 13.8 Å². The second kappa shape index (κ2) is 8.07. The molecule has 1 aromatic carbocycles. The third-order valence-electron chi connectivity index (χ3n) is 5.39. The number of aryl methyl sites for hydroxylation is 2. The molecule has 0 aliphatic rings. The Morgan fingerprint density at radius 2 is 1.91 bits per heavy atom. The average molecular weight is 419 g/mol. The van der Waals surface area contributed by atoms with Gasteiger partial charge in [-0.15, -0.1) is 0 Å². The van der Waals surface area contributed by atoms with Gasteiger partial charge in [0.05, 0.1) is 11.2 Å². The van der Waals surface area contributed by atoms with Gasteiger partial charge in [0.1, 0.15) is 5.69 Å². The summed E-state index contributed by atoms with van der Waals surface area (Å²) in [5.74, 6) is 0.710. The molecule has 0 spiro atoms. The monoisotopic (exact) mass is 418 g/mol. The van der Waals surface area contributed by atoms with E-state index in [1.807, 2.05) is 56.7 Å². The smallest absolute Gasteiger partial charge is 0.159 e. The van der Waals surface area contributed by atoms with Crippen molar-refractivity contribution < 1.29 is 0 Å². The molecule has 156 valence electrons. The Morgan fingerprint density at radius 1 is 1.00 bits per heavy atom. The van der Waals surface area contributed by atoms with E-state index in [9.17, 15) is 0 Å². The first-order valence-electron chi connectivity index (χ1n) is 10.3. The Bertz CT molecular complexity index is 1460. The largest absolute Gasteiger partial charge is 0.340 e. The van der Waals surface area contributed by atoms with Gasteiger partial charge in [-0.2, -0.15) is 5.10 Å². The number of pyridine rings is 2. The molecule has 0 unspecified atom stereocenters. The molecular weight excluding hydrogens is 396 g/mol. The van der Waals surface area contributed by atoms with E-state index in [2.05, 4.69) is 49.9 Å². The molecule has 0 atom stereocenters. The van der Waals surface area contributed by atoms with Crippen LogP contribution < -0.4 is 0 Å². The molecule has 5 rings (SSSR count). The van der Waals surface area contributed by atoms with E-state index in [4.69, 9.17) is 4.98 Å². The number of H-pyrrole nitrogens is 2. The predicted octanol–water partition coefficient (Wildman–Crippen LogP) is 5.64. The fraction of sp³-hybridized carbons (Fsp3) is 0.0769. The molecule has 0 saturated heterocycles. The molecule has 0 radical (unpaired) electrons. The van der Waals surface area contributed by atoms with Crippen LogP contribution in [-0.4, -0.2) is 30.1 Å². The number of aromatic nitrogens is 6. The molecule has 0 fully saturated rings. The normalized spacial score (nSPS) is 11.8. The number of allylic oxidation sites excluding steroid dienone is 2. The van der Waals surface area contributed by atoms with Crippen molar-refractivity contribution in [1.82, 2.24) is 30.1 Å². The quantitative estimate of drug-likeness (QED) is 0.362. The van der Waals surface area contributed by atoms with Gasteiger partial charge in [0.15, 0.2) is 5.82 Å². The zero-order chi connectivity index (χ0) is 22.1. The molecule has 2 N–H and O–H groups in total. The van der Waals surface area contributed by atoms with Gasteiger partial charge in [-0.05, 0) is 49.2 Å². The first-order valence-corrected chi connectivity index (χ1v) is 10.3. The average Bonchev–Trinajstić information content (AvgIpc) is 3.41. The second-order valence-corrected chi connectivity index (χ2v) is 7.70. The lowest BCUT2D eigenvalue weighted by atomic mass is 10.0. The third kappa shape index (κ3) is 3.52. The fourth-order valence-corrected chi connectivity index (χ4v) is 3.87. The SMILES string of the molecule is C=C/C=C(/c1cccnc1)c1nc(-c2n[nH]c3ccc(-c4cncc(C)c4)cc23)[nH]c1C. The maximum Gasteiger partial charge on any atom is 0.159 e. The van der Waals surface area contributed by atoms with Crippen molar-refractivity contribution in [3.05, 3.63) is 102 Å². The molecule has 32 heavy (non-hydrogen) atoms. The lowest BCUT2D eigenvalue weighted by Gasteiger charge is -2.04. The van der Waals surface area contributed by atoms with E-state index in [-0.39, 0.29) is 0 Å². The van der Waals surface area contributed by atoms with Gasteiger partial charge in [-0.3, -0.25) is 15.1 Å². The summed E-state index contributed by atoms with van der Waals surface area (Å²) in [6.07, 6.45) is 11.0. The predicted molar refractivity (Wildman–Crippen MR) is 128 cm³/mol. The van der Waals surface area contributed by atoms with E-state index in [1.54, 1.807) is 12.3 Å². The van der Waals surface area contributed by atoms with Crippen LogP contribution in [0.2, 0.25) is 0 Å². The summed E-state index contributed by atoms with van der Waals surface area (Å²) in [5.41, 5.74) is 8.75. The summed E-state index contributed by atoms with van der Waals surface area (Å²) in [6.45, 7) is 7.92. The van der Waals surface area contributed by atoms with Gasteiger partial charge in [0.25, 0.3) is 0 Å². The molecule has 0 bridgehead atoms. The van der Waals surface area contributed by atoms with Crippen LogP contribution in [0.4, 0.5) is 0 Å². The third-order valence-corrected chi connectivity index (χ3v) is 5.39. The summed E-state index contributed by atoms with van der Waals surface area (Å²) >= 11 is 0. The van der Waals surface area contributed by atoms with Crippen LogP contribution >= 0.6 is 0 Å². The van der Waals surface area contributed by atoms with Crippen LogP contribution in [-0.2, 0) is 0 Å². The highest BCUT2D eigenvalue weighted by molar-refractivity contribution is 5.94. The minimum Gasteiger partial charge on any atom is -0.340 e. The minimum atomic E-state index is 0.710. The van der Waals surface area contributed by atoms with Gasteiger partial charge < -0.3 is 4.98 Å².